The largest absolute Gasteiger partial charge is 0.254 e. The van der Waals surface area contributed by atoms with Crippen LogP contribution in [0.15, 0.2) is 182 Å². The molecule has 11 rings (SSSR count). The molecule has 4 nitrogen and oxygen atoms in total. The van der Waals surface area contributed by atoms with Crippen molar-refractivity contribution in [3.63, 3.8) is 0 Å². The van der Waals surface area contributed by atoms with Gasteiger partial charge >= 0.3 is 0 Å². The molecule has 0 fully saturated rings. The van der Waals surface area contributed by atoms with Gasteiger partial charge in [0, 0.05) is 44.4 Å². The minimum atomic E-state index is 0.912. The zero-order chi connectivity index (χ0) is 35.6. The van der Waals surface area contributed by atoms with Crippen LogP contribution in [0.1, 0.15) is 0 Å². The molecular weight excluding hydrogens is 657 g/mol. The summed E-state index contributed by atoms with van der Waals surface area (Å²) in [6.07, 6.45) is 1.84. The smallest absolute Gasteiger partial charge is 0.0972 e. The predicted octanol–water partition coefficient (Wildman–Crippen LogP) is 12.9. The maximum atomic E-state index is 5.38. The number of hydrogen-bond donors (Lipinski definition) is 0. The summed E-state index contributed by atoms with van der Waals surface area (Å²) in [5, 5.41) is 8.94. The molecule has 0 saturated heterocycles. The average Bonchev–Trinajstić information content (AvgIpc) is 3.25. The van der Waals surface area contributed by atoms with E-state index in [0.717, 1.165) is 110 Å². The quantitative estimate of drug-likeness (QED) is 0.137. The van der Waals surface area contributed by atoms with Gasteiger partial charge in [-0.15, -0.1) is 0 Å². The summed E-state index contributed by atoms with van der Waals surface area (Å²) in [6.45, 7) is 0. The van der Waals surface area contributed by atoms with E-state index in [4.69, 9.17) is 19.9 Å². The molecule has 0 atom stereocenters. The lowest BCUT2D eigenvalue weighted by Gasteiger charge is -2.17. The SMILES string of the molecule is c1ccc(-c2ccc3cc(-c4ccc5ccc(-c6c7ccccc7c(-c7ccc8ccc9cccnc9c8n7)c7ccccc67)nc5c4)ccc3n2)cc1. The normalized spacial score (nSPS) is 11.7. The van der Waals surface area contributed by atoms with Gasteiger partial charge in [0.2, 0.25) is 0 Å². The summed E-state index contributed by atoms with van der Waals surface area (Å²) in [7, 11) is 0. The van der Waals surface area contributed by atoms with Gasteiger partial charge < -0.3 is 0 Å². The van der Waals surface area contributed by atoms with Gasteiger partial charge in [0.1, 0.15) is 0 Å². The zero-order valence-corrected chi connectivity index (χ0v) is 29.1. The van der Waals surface area contributed by atoms with Gasteiger partial charge in [-0.05, 0) is 75.1 Å². The van der Waals surface area contributed by atoms with Crippen molar-refractivity contribution in [2.75, 3.05) is 0 Å². The molecule has 250 valence electrons. The molecule has 4 heterocycles. The second-order valence-corrected chi connectivity index (χ2v) is 13.8. The molecule has 0 radical (unpaired) electrons. The van der Waals surface area contributed by atoms with Gasteiger partial charge in [-0.2, -0.15) is 0 Å². The molecule has 0 spiro atoms. The minimum Gasteiger partial charge on any atom is -0.254 e. The molecule has 0 amide bonds. The Bertz CT molecular complexity index is 3220. The highest BCUT2D eigenvalue weighted by Gasteiger charge is 2.19. The summed E-state index contributed by atoms with van der Waals surface area (Å²) in [5.41, 5.74) is 12.2. The maximum Gasteiger partial charge on any atom is 0.0972 e. The Hall–Kier alpha value is -7.30. The van der Waals surface area contributed by atoms with E-state index in [9.17, 15) is 0 Å². The lowest BCUT2D eigenvalue weighted by molar-refractivity contribution is 1.38. The van der Waals surface area contributed by atoms with Crippen LogP contribution in [0.2, 0.25) is 0 Å². The lowest BCUT2D eigenvalue weighted by atomic mass is 9.88. The Balaban J connectivity index is 1.06. The highest BCUT2D eigenvalue weighted by molar-refractivity contribution is 6.21. The van der Waals surface area contributed by atoms with E-state index in [1.807, 2.05) is 30.5 Å². The first-order valence-electron chi connectivity index (χ1n) is 18.2. The first-order valence-corrected chi connectivity index (χ1v) is 18.2. The van der Waals surface area contributed by atoms with E-state index in [0.29, 0.717) is 0 Å². The molecule has 0 aliphatic carbocycles. The van der Waals surface area contributed by atoms with Crippen LogP contribution in [-0.4, -0.2) is 19.9 Å². The molecule has 0 unspecified atom stereocenters. The van der Waals surface area contributed by atoms with E-state index >= 15 is 0 Å². The van der Waals surface area contributed by atoms with Crippen molar-refractivity contribution >= 4 is 65.2 Å². The zero-order valence-electron chi connectivity index (χ0n) is 29.1. The lowest BCUT2D eigenvalue weighted by Crippen LogP contribution is -1.95. The third-order valence-corrected chi connectivity index (χ3v) is 10.7. The fraction of sp³-hybridized carbons (Fsp3) is 0. The summed E-state index contributed by atoms with van der Waals surface area (Å²) < 4.78 is 0. The number of nitrogens with zero attached hydrogens (tertiary/aromatic N) is 4. The van der Waals surface area contributed by atoms with Crippen molar-refractivity contribution in [3.8, 4) is 44.9 Å². The molecule has 0 saturated carbocycles. The monoisotopic (exact) mass is 686 g/mol. The topological polar surface area (TPSA) is 51.6 Å². The van der Waals surface area contributed by atoms with Gasteiger partial charge in [-0.3, -0.25) is 4.98 Å². The fourth-order valence-electron chi connectivity index (χ4n) is 8.05. The molecular formula is C50H30N4. The minimum absolute atomic E-state index is 0.912. The van der Waals surface area contributed by atoms with Crippen molar-refractivity contribution in [2.45, 2.75) is 0 Å². The molecule has 7 aromatic carbocycles. The van der Waals surface area contributed by atoms with E-state index in [1.54, 1.807) is 0 Å². The summed E-state index contributed by atoms with van der Waals surface area (Å²) in [4.78, 5) is 20.4. The van der Waals surface area contributed by atoms with Crippen LogP contribution in [0.25, 0.3) is 110 Å². The van der Waals surface area contributed by atoms with Crippen molar-refractivity contribution < 1.29 is 0 Å². The van der Waals surface area contributed by atoms with E-state index in [-0.39, 0.29) is 0 Å². The molecule has 0 aliphatic heterocycles. The molecule has 54 heavy (non-hydrogen) atoms. The van der Waals surface area contributed by atoms with Gasteiger partial charge in [0.05, 0.1) is 39.1 Å². The summed E-state index contributed by atoms with van der Waals surface area (Å²) >= 11 is 0. The highest BCUT2D eigenvalue weighted by atomic mass is 14.8. The first kappa shape index (κ1) is 30.3. The highest BCUT2D eigenvalue weighted by Crippen LogP contribution is 2.43. The van der Waals surface area contributed by atoms with E-state index < -0.39 is 0 Å². The predicted molar refractivity (Wildman–Crippen MR) is 224 cm³/mol. The molecule has 0 bridgehead atoms. The van der Waals surface area contributed by atoms with Crippen molar-refractivity contribution in [2.24, 2.45) is 0 Å². The second-order valence-electron chi connectivity index (χ2n) is 13.8. The van der Waals surface area contributed by atoms with Gasteiger partial charge in [-0.1, -0.05) is 133 Å². The molecule has 0 aliphatic rings. The van der Waals surface area contributed by atoms with Gasteiger partial charge in [0.25, 0.3) is 0 Å². The molecule has 4 aromatic heterocycles. The Morgan fingerprint density at radius 2 is 0.833 bits per heavy atom. The number of hydrogen-bond acceptors (Lipinski definition) is 4. The Morgan fingerprint density at radius 1 is 0.296 bits per heavy atom. The number of benzene rings is 7. The van der Waals surface area contributed by atoms with Crippen LogP contribution >= 0.6 is 0 Å². The van der Waals surface area contributed by atoms with Crippen LogP contribution < -0.4 is 0 Å². The molecule has 4 heteroatoms. The average molecular weight is 687 g/mol. The number of fused-ring (bicyclic) bond motifs is 7. The number of pyridine rings is 4. The van der Waals surface area contributed by atoms with Gasteiger partial charge in [0.15, 0.2) is 0 Å². The van der Waals surface area contributed by atoms with Crippen molar-refractivity contribution in [3.05, 3.63) is 182 Å². The Kier molecular flexibility index (Phi) is 6.82. The van der Waals surface area contributed by atoms with Crippen LogP contribution in [-0.2, 0) is 0 Å². The summed E-state index contributed by atoms with van der Waals surface area (Å²) in [6, 6.07) is 62.0. The number of rotatable bonds is 4. The maximum absolute atomic E-state index is 5.38. The summed E-state index contributed by atoms with van der Waals surface area (Å²) in [5.74, 6) is 0. The van der Waals surface area contributed by atoms with Crippen LogP contribution in [0.4, 0.5) is 0 Å². The van der Waals surface area contributed by atoms with Crippen LogP contribution in [0.5, 0.6) is 0 Å². The molecule has 0 N–H and O–H groups in total. The van der Waals surface area contributed by atoms with Gasteiger partial charge in [-0.25, -0.2) is 15.0 Å². The van der Waals surface area contributed by atoms with Crippen molar-refractivity contribution in [1.29, 1.82) is 0 Å². The fourth-order valence-corrected chi connectivity index (χ4v) is 8.05. The third kappa shape index (κ3) is 4.92. The Morgan fingerprint density at radius 3 is 1.57 bits per heavy atom. The van der Waals surface area contributed by atoms with E-state index in [2.05, 4.69) is 152 Å². The standard InChI is InChI=1S/C50H30N4/c1-2-9-31(10-3-1)42-25-23-37-29-35(22-24-43(37)52-42)36-19-16-32-20-26-44(53-46(32)30-36)47-38-12-4-6-14-40(38)48(41-15-7-5-13-39(41)47)45-27-21-34-18-17-33-11-8-28-51-49(33)50(34)54-45/h1-30H. The van der Waals surface area contributed by atoms with Crippen LogP contribution in [0.3, 0.4) is 0 Å². The van der Waals surface area contributed by atoms with Crippen molar-refractivity contribution in [1.82, 2.24) is 19.9 Å². The number of aromatic nitrogens is 4. The van der Waals surface area contributed by atoms with E-state index in [1.165, 1.54) is 0 Å². The van der Waals surface area contributed by atoms with Crippen LogP contribution in [0, 0.1) is 0 Å². The molecule has 11 aromatic rings. The first-order chi connectivity index (χ1) is 26.7. The third-order valence-electron chi connectivity index (χ3n) is 10.7. The second kappa shape index (κ2) is 12.1. The Labute approximate surface area is 311 Å².